The lowest BCUT2D eigenvalue weighted by Crippen LogP contribution is -2.29. The van der Waals surface area contributed by atoms with Gasteiger partial charge in [-0.2, -0.15) is 0 Å². The van der Waals surface area contributed by atoms with Crippen LogP contribution in [0.2, 0.25) is 0 Å². The van der Waals surface area contributed by atoms with Gasteiger partial charge >= 0.3 is 11.9 Å². The lowest BCUT2D eigenvalue weighted by Gasteiger charge is -2.16. The molecule has 1 aromatic heterocycles. The number of aromatic nitrogens is 1. The number of fused-ring (bicyclic) bond motifs is 1. The van der Waals surface area contributed by atoms with Crippen LogP contribution in [0.4, 0.5) is 0 Å². The van der Waals surface area contributed by atoms with E-state index in [2.05, 4.69) is 9.72 Å². The van der Waals surface area contributed by atoms with E-state index in [1.807, 2.05) is 0 Å². The van der Waals surface area contributed by atoms with Gasteiger partial charge in [0.05, 0.1) is 12.2 Å². The van der Waals surface area contributed by atoms with Crippen molar-refractivity contribution in [2.24, 2.45) is 0 Å². The third kappa shape index (κ3) is 2.88. The van der Waals surface area contributed by atoms with Gasteiger partial charge in [0.15, 0.2) is 6.10 Å². The lowest BCUT2D eigenvalue weighted by atomic mass is 10.0. The zero-order chi connectivity index (χ0) is 15.6. The molecule has 2 unspecified atom stereocenters. The van der Waals surface area contributed by atoms with E-state index in [4.69, 9.17) is 5.11 Å². The van der Waals surface area contributed by atoms with Crippen molar-refractivity contribution in [3.8, 4) is 0 Å². The van der Waals surface area contributed by atoms with E-state index < -0.39 is 24.1 Å². The maximum absolute atomic E-state index is 11.4. The van der Waals surface area contributed by atoms with Gasteiger partial charge in [-0.25, -0.2) is 9.59 Å². The second-order valence-corrected chi connectivity index (χ2v) is 4.45. The summed E-state index contributed by atoms with van der Waals surface area (Å²) in [5.74, 6) is -2.04. The predicted molar refractivity (Wildman–Crippen MR) is 72.9 cm³/mol. The first-order valence-corrected chi connectivity index (χ1v) is 6.32. The quantitative estimate of drug-likeness (QED) is 0.606. The standard InChI is InChI=1S/C14H15NO6/c1-2-21-14(20)12(17)11(16)7-3-4-10-8(5-7)9(6-15-10)13(18)19/h3-6,11-12,15-17H,2H2,1H3,(H,18,19). The third-order valence-corrected chi connectivity index (χ3v) is 3.10. The molecule has 1 heterocycles. The van der Waals surface area contributed by atoms with E-state index in [1.54, 1.807) is 13.0 Å². The number of aliphatic hydroxyl groups is 2. The fraction of sp³-hybridized carbons (Fsp3) is 0.286. The predicted octanol–water partition coefficient (Wildman–Crippen LogP) is 0.824. The summed E-state index contributed by atoms with van der Waals surface area (Å²) < 4.78 is 4.63. The number of aromatic carboxylic acids is 1. The maximum Gasteiger partial charge on any atom is 0.338 e. The Morgan fingerprint density at radius 3 is 2.67 bits per heavy atom. The normalized spacial score (nSPS) is 13.9. The summed E-state index contributed by atoms with van der Waals surface area (Å²) in [5, 5.41) is 29.2. The van der Waals surface area contributed by atoms with Crippen LogP contribution in [0.25, 0.3) is 10.9 Å². The SMILES string of the molecule is CCOC(=O)C(O)C(O)c1ccc2[nH]cc(C(=O)O)c2c1. The summed E-state index contributed by atoms with van der Waals surface area (Å²) in [5.41, 5.74) is 0.851. The molecule has 0 radical (unpaired) electrons. The van der Waals surface area contributed by atoms with Crippen molar-refractivity contribution < 1.29 is 29.6 Å². The molecule has 0 saturated heterocycles. The molecule has 0 spiro atoms. The zero-order valence-corrected chi connectivity index (χ0v) is 11.2. The number of ether oxygens (including phenoxy) is 1. The number of carbonyl (C=O) groups is 2. The third-order valence-electron chi connectivity index (χ3n) is 3.10. The number of carbonyl (C=O) groups excluding carboxylic acids is 1. The van der Waals surface area contributed by atoms with Crippen LogP contribution in [0.15, 0.2) is 24.4 Å². The summed E-state index contributed by atoms with van der Waals surface area (Å²) in [4.78, 5) is 25.3. The van der Waals surface area contributed by atoms with E-state index in [-0.39, 0.29) is 17.7 Å². The van der Waals surface area contributed by atoms with Gasteiger partial charge in [-0.3, -0.25) is 0 Å². The van der Waals surface area contributed by atoms with Crippen LogP contribution in [0, 0.1) is 0 Å². The number of carboxylic acid groups (broad SMARTS) is 1. The number of hydrogen-bond acceptors (Lipinski definition) is 5. The number of aromatic amines is 1. The molecule has 21 heavy (non-hydrogen) atoms. The Kier molecular flexibility index (Phi) is 4.25. The molecular formula is C14H15NO6. The fourth-order valence-electron chi connectivity index (χ4n) is 2.04. The molecule has 2 rings (SSSR count). The Labute approximate surface area is 119 Å². The Hall–Kier alpha value is -2.38. The molecule has 0 aliphatic carbocycles. The van der Waals surface area contributed by atoms with Crippen molar-refractivity contribution in [1.29, 1.82) is 0 Å². The highest BCUT2D eigenvalue weighted by Crippen LogP contribution is 2.25. The number of esters is 1. The first-order chi connectivity index (χ1) is 9.95. The van der Waals surface area contributed by atoms with Gasteiger partial charge in [0, 0.05) is 17.1 Å². The minimum absolute atomic E-state index is 0.0460. The summed E-state index contributed by atoms with van der Waals surface area (Å²) >= 11 is 0. The molecule has 0 saturated carbocycles. The summed E-state index contributed by atoms with van der Waals surface area (Å²) in [6.45, 7) is 1.67. The van der Waals surface area contributed by atoms with Crippen molar-refractivity contribution >= 4 is 22.8 Å². The number of rotatable bonds is 5. The molecule has 2 atom stereocenters. The number of H-pyrrole nitrogens is 1. The van der Waals surface area contributed by atoms with Gasteiger partial charge in [0.25, 0.3) is 0 Å². The van der Waals surface area contributed by atoms with Gasteiger partial charge in [-0.05, 0) is 24.6 Å². The molecule has 4 N–H and O–H groups in total. The minimum Gasteiger partial charge on any atom is -0.478 e. The van der Waals surface area contributed by atoms with Crippen molar-refractivity contribution in [2.75, 3.05) is 6.61 Å². The second kappa shape index (κ2) is 5.94. The van der Waals surface area contributed by atoms with Crippen LogP contribution < -0.4 is 0 Å². The van der Waals surface area contributed by atoms with Crippen LogP contribution in [0.3, 0.4) is 0 Å². The van der Waals surface area contributed by atoms with Crippen LogP contribution in [-0.2, 0) is 9.53 Å². The number of benzene rings is 1. The van der Waals surface area contributed by atoms with Crippen LogP contribution in [0.5, 0.6) is 0 Å². The molecule has 112 valence electrons. The Bertz CT molecular complexity index is 677. The molecule has 7 heteroatoms. The Morgan fingerprint density at radius 2 is 2.05 bits per heavy atom. The number of nitrogens with one attached hydrogen (secondary N) is 1. The highest BCUT2D eigenvalue weighted by atomic mass is 16.5. The lowest BCUT2D eigenvalue weighted by molar-refractivity contribution is -0.159. The van der Waals surface area contributed by atoms with Crippen molar-refractivity contribution in [3.63, 3.8) is 0 Å². The molecule has 0 fully saturated rings. The van der Waals surface area contributed by atoms with E-state index in [0.29, 0.717) is 10.9 Å². The Morgan fingerprint density at radius 1 is 1.33 bits per heavy atom. The fourth-order valence-corrected chi connectivity index (χ4v) is 2.04. The first-order valence-electron chi connectivity index (χ1n) is 6.32. The highest BCUT2D eigenvalue weighted by Gasteiger charge is 2.27. The average Bonchev–Trinajstić information content (AvgIpc) is 2.88. The number of aliphatic hydroxyl groups excluding tert-OH is 2. The molecule has 0 aliphatic rings. The molecule has 0 amide bonds. The van der Waals surface area contributed by atoms with E-state index in [0.717, 1.165) is 0 Å². The topological polar surface area (TPSA) is 120 Å². The molecule has 0 bridgehead atoms. The molecule has 0 aliphatic heterocycles. The average molecular weight is 293 g/mol. The van der Waals surface area contributed by atoms with Gasteiger partial charge in [-0.15, -0.1) is 0 Å². The van der Waals surface area contributed by atoms with Gasteiger partial charge in [-0.1, -0.05) is 6.07 Å². The first kappa shape index (κ1) is 15.0. The molecule has 1 aromatic carbocycles. The molecule has 2 aromatic rings. The van der Waals surface area contributed by atoms with Crippen LogP contribution in [-0.4, -0.2) is 45.0 Å². The molecular weight excluding hydrogens is 278 g/mol. The smallest absolute Gasteiger partial charge is 0.338 e. The minimum atomic E-state index is -1.73. The van der Waals surface area contributed by atoms with E-state index in [1.165, 1.54) is 18.3 Å². The molecule has 7 nitrogen and oxygen atoms in total. The summed E-state index contributed by atoms with van der Waals surface area (Å²) in [6, 6.07) is 4.48. The van der Waals surface area contributed by atoms with Gasteiger partial charge < -0.3 is 25.0 Å². The van der Waals surface area contributed by atoms with Crippen molar-refractivity contribution in [2.45, 2.75) is 19.1 Å². The van der Waals surface area contributed by atoms with Crippen LogP contribution in [0.1, 0.15) is 28.9 Å². The van der Waals surface area contributed by atoms with Crippen molar-refractivity contribution in [3.05, 3.63) is 35.5 Å². The Balaban J connectivity index is 2.35. The number of carboxylic acids is 1. The second-order valence-electron chi connectivity index (χ2n) is 4.45. The largest absolute Gasteiger partial charge is 0.478 e. The highest BCUT2D eigenvalue weighted by molar-refractivity contribution is 6.03. The zero-order valence-electron chi connectivity index (χ0n) is 11.2. The summed E-state index contributed by atoms with van der Waals surface area (Å²) in [6.07, 6.45) is -1.88. The van der Waals surface area contributed by atoms with Gasteiger partial charge in [0.1, 0.15) is 6.10 Å². The summed E-state index contributed by atoms with van der Waals surface area (Å²) in [7, 11) is 0. The monoisotopic (exact) mass is 293 g/mol. The van der Waals surface area contributed by atoms with E-state index >= 15 is 0 Å². The maximum atomic E-state index is 11.4. The van der Waals surface area contributed by atoms with Crippen molar-refractivity contribution in [1.82, 2.24) is 4.98 Å². The van der Waals surface area contributed by atoms with E-state index in [9.17, 15) is 19.8 Å². The van der Waals surface area contributed by atoms with Crippen LogP contribution >= 0.6 is 0 Å². The number of hydrogen-bond donors (Lipinski definition) is 4. The van der Waals surface area contributed by atoms with Gasteiger partial charge in [0.2, 0.25) is 0 Å².